The Kier molecular flexibility index (Phi) is 5.61. The molecule has 4 heteroatoms. The van der Waals surface area contributed by atoms with Crippen LogP contribution in [0.2, 0.25) is 5.02 Å². The second kappa shape index (κ2) is 7.67. The molecule has 2 heterocycles. The Morgan fingerprint density at radius 1 is 1.27 bits per heavy atom. The minimum Gasteiger partial charge on any atom is -0.492 e. The van der Waals surface area contributed by atoms with Crippen LogP contribution in [0, 0.1) is 5.92 Å². The molecular formula is C18H27ClN2O. The number of rotatable bonds is 5. The van der Waals surface area contributed by atoms with E-state index >= 15 is 0 Å². The van der Waals surface area contributed by atoms with Gasteiger partial charge in [0.15, 0.2) is 0 Å². The summed E-state index contributed by atoms with van der Waals surface area (Å²) >= 11 is 6.28. The highest BCUT2D eigenvalue weighted by Gasteiger charge is 2.28. The van der Waals surface area contributed by atoms with Crippen LogP contribution in [-0.4, -0.2) is 37.2 Å². The quantitative estimate of drug-likeness (QED) is 0.894. The molecule has 122 valence electrons. The highest BCUT2D eigenvalue weighted by Crippen LogP contribution is 2.31. The monoisotopic (exact) mass is 322 g/mol. The molecule has 3 nitrogen and oxygen atoms in total. The normalized spacial score (nSPS) is 23.8. The van der Waals surface area contributed by atoms with Crippen LogP contribution in [0.5, 0.6) is 5.75 Å². The number of likely N-dealkylation sites (tertiary alicyclic amines) is 1. The fourth-order valence-electron chi connectivity index (χ4n) is 3.85. The molecule has 0 radical (unpaired) electrons. The van der Waals surface area contributed by atoms with Crippen LogP contribution in [0.4, 0.5) is 0 Å². The van der Waals surface area contributed by atoms with Gasteiger partial charge in [-0.3, -0.25) is 4.90 Å². The Balaban J connectivity index is 1.57. The fraction of sp³-hybridized carbons (Fsp3) is 0.667. The molecule has 0 amide bonds. The highest BCUT2D eigenvalue weighted by molar-refractivity contribution is 6.32. The third-order valence-electron chi connectivity index (χ3n) is 5.03. The summed E-state index contributed by atoms with van der Waals surface area (Å²) in [6, 6.07) is 6.84. The maximum atomic E-state index is 6.28. The van der Waals surface area contributed by atoms with Crippen LogP contribution in [0.1, 0.15) is 38.2 Å². The highest BCUT2D eigenvalue weighted by atomic mass is 35.5. The molecule has 2 aliphatic rings. The number of benzene rings is 1. The summed E-state index contributed by atoms with van der Waals surface area (Å²) in [5, 5.41) is 4.39. The van der Waals surface area contributed by atoms with E-state index < -0.39 is 0 Å². The van der Waals surface area contributed by atoms with Gasteiger partial charge in [-0.2, -0.15) is 0 Å². The summed E-state index contributed by atoms with van der Waals surface area (Å²) in [6.07, 6.45) is 5.34. The van der Waals surface area contributed by atoms with E-state index in [-0.39, 0.29) is 0 Å². The SMILES string of the molecule is CCOc1c(Cl)cccc1CN1CCC(C2CCCN2)CC1. The molecule has 1 atom stereocenters. The largest absolute Gasteiger partial charge is 0.492 e. The van der Waals surface area contributed by atoms with E-state index in [1.807, 2.05) is 19.1 Å². The van der Waals surface area contributed by atoms with Gasteiger partial charge < -0.3 is 10.1 Å². The molecule has 0 aliphatic carbocycles. The molecule has 2 aliphatic heterocycles. The van der Waals surface area contributed by atoms with Gasteiger partial charge in [0.05, 0.1) is 11.6 Å². The number of nitrogens with zero attached hydrogens (tertiary/aromatic N) is 1. The number of halogens is 1. The number of para-hydroxylation sites is 1. The van der Waals surface area contributed by atoms with Gasteiger partial charge in [-0.15, -0.1) is 0 Å². The molecule has 0 spiro atoms. The molecule has 2 saturated heterocycles. The lowest BCUT2D eigenvalue weighted by molar-refractivity contribution is 0.156. The van der Waals surface area contributed by atoms with E-state index in [1.165, 1.54) is 50.9 Å². The Bertz CT molecular complexity index is 480. The first kappa shape index (κ1) is 16.1. The van der Waals surface area contributed by atoms with Crippen molar-refractivity contribution in [3.63, 3.8) is 0 Å². The van der Waals surface area contributed by atoms with Crippen LogP contribution in [0.15, 0.2) is 18.2 Å². The summed E-state index contributed by atoms with van der Waals surface area (Å²) in [5.74, 6) is 1.73. The maximum absolute atomic E-state index is 6.28. The zero-order valence-electron chi connectivity index (χ0n) is 13.5. The van der Waals surface area contributed by atoms with Crippen LogP contribution < -0.4 is 10.1 Å². The average molecular weight is 323 g/mol. The predicted molar refractivity (Wildman–Crippen MR) is 91.6 cm³/mol. The van der Waals surface area contributed by atoms with E-state index in [9.17, 15) is 0 Å². The van der Waals surface area contributed by atoms with Gasteiger partial charge in [0, 0.05) is 18.2 Å². The zero-order chi connectivity index (χ0) is 15.4. The molecule has 1 aromatic carbocycles. The molecule has 1 N–H and O–H groups in total. The second-order valence-corrected chi connectivity index (χ2v) is 6.88. The van der Waals surface area contributed by atoms with Crippen molar-refractivity contribution in [2.24, 2.45) is 5.92 Å². The second-order valence-electron chi connectivity index (χ2n) is 6.48. The average Bonchev–Trinajstić information content (AvgIpc) is 3.06. The molecule has 1 unspecified atom stereocenters. The lowest BCUT2D eigenvalue weighted by Crippen LogP contribution is -2.40. The van der Waals surface area contributed by atoms with Crippen LogP contribution >= 0.6 is 11.6 Å². The van der Waals surface area contributed by atoms with E-state index in [4.69, 9.17) is 16.3 Å². The maximum Gasteiger partial charge on any atom is 0.142 e. The van der Waals surface area contributed by atoms with Crippen LogP contribution in [0.3, 0.4) is 0 Å². The number of hydrogen-bond acceptors (Lipinski definition) is 3. The first-order valence-corrected chi connectivity index (χ1v) is 9.01. The van der Waals surface area contributed by atoms with E-state index in [1.54, 1.807) is 0 Å². The molecule has 0 saturated carbocycles. The van der Waals surface area contributed by atoms with Gasteiger partial charge in [-0.05, 0) is 64.2 Å². The molecule has 2 fully saturated rings. The number of nitrogens with one attached hydrogen (secondary N) is 1. The number of hydrogen-bond donors (Lipinski definition) is 1. The molecule has 22 heavy (non-hydrogen) atoms. The van der Waals surface area contributed by atoms with Crippen molar-refractivity contribution in [1.29, 1.82) is 0 Å². The third kappa shape index (κ3) is 3.76. The van der Waals surface area contributed by atoms with Crippen molar-refractivity contribution in [2.75, 3.05) is 26.2 Å². The summed E-state index contributed by atoms with van der Waals surface area (Å²) < 4.78 is 5.74. The van der Waals surface area contributed by atoms with Crippen LogP contribution in [0.25, 0.3) is 0 Å². The van der Waals surface area contributed by atoms with Crippen molar-refractivity contribution in [3.05, 3.63) is 28.8 Å². The van der Waals surface area contributed by atoms with Crippen molar-refractivity contribution < 1.29 is 4.74 Å². The standard InChI is InChI=1S/C18H27ClN2O/c1-2-22-18-15(5-3-6-16(18)19)13-21-11-8-14(9-12-21)17-7-4-10-20-17/h3,5-6,14,17,20H,2,4,7-13H2,1H3. The van der Waals surface area contributed by atoms with Crippen molar-refractivity contribution in [2.45, 2.75) is 45.2 Å². The van der Waals surface area contributed by atoms with Crippen molar-refractivity contribution >= 4 is 11.6 Å². The van der Waals surface area contributed by atoms with Gasteiger partial charge in [0.1, 0.15) is 5.75 Å². The van der Waals surface area contributed by atoms with Gasteiger partial charge >= 0.3 is 0 Å². The van der Waals surface area contributed by atoms with E-state index in [0.29, 0.717) is 6.61 Å². The first-order valence-electron chi connectivity index (χ1n) is 8.64. The molecule has 3 rings (SSSR count). The molecule has 0 aromatic heterocycles. The number of piperidine rings is 1. The summed E-state index contributed by atoms with van der Waals surface area (Å²) in [4.78, 5) is 2.54. The fourth-order valence-corrected chi connectivity index (χ4v) is 4.10. The lowest BCUT2D eigenvalue weighted by atomic mass is 9.88. The van der Waals surface area contributed by atoms with Crippen molar-refractivity contribution in [3.8, 4) is 5.75 Å². The Labute approximate surface area is 139 Å². The lowest BCUT2D eigenvalue weighted by Gasteiger charge is -2.35. The third-order valence-corrected chi connectivity index (χ3v) is 5.33. The minimum atomic E-state index is 0.659. The molecule has 0 bridgehead atoms. The van der Waals surface area contributed by atoms with Gasteiger partial charge in [-0.1, -0.05) is 23.7 Å². The Morgan fingerprint density at radius 3 is 2.77 bits per heavy atom. The Hall–Kier alpha value is -0.770. The summed E-state index contributed by atoms with van der Waals surface area (Å²) in [6.45, 7) is 7.19. The van der Waals surface area contributed by atoms with Crippen molar-refractivity contribution in [1.82, 2.24) is 10.2 Å². The zero-order valence-corrected chi connectivity index (χ0v) is 14.2. The summed E-state index contributed by atoms with van der Waals surface area (Å²) in [7, 11) is 0. The smallest absolute Gasteiger partial charge is 0.142 e. The van der Waals surface area contributed by atoms with E-state index in [0.717, 1.165) is 29.3 Å². The number of ether oxygens (including phenoxy) is 1. The first-order chi connectivity index (χ1) is 10.8. The minimum absolute atomic E-state index is 0.659. The van der Waals surface area contributed by atoms with Gasteiger partial charge in [0.25, 0.3) is 0 Å². The van der Waals surface area contributed by atoms with E-state index in [2.05, 4.69) is 16.3 Å². The Morgan fingerprint density at radius 2 is 2.09 bits per heavy atom. The van der Waals surface area contributed by atoms with Gasteiger partial charge in [-0.25, -0.2) is 0 Å². The topological polar surface area (TPSA) is 24.5 Å². The van der Waals surface area contributed by atoms with Crippen LogP contribution in [-0.2, 0) is 6.54 Å². The molecular weight excluding hydrogens is 296 g/mol. The summed E-state index contributed by atoms with van der Waals surface area (Å²) in [5.41, 5.74) is 1.21. The van der Waals surface area contributed by atoms with Gasteiger partial charge in [0.2, 0.25) is 0 Å². The predicted octanol–water partition coefficient (Wildman–Crippen LogP) is 3.70. The molecule has 1 aromatic rings.